The van der Waals surface area contributed by atoms with Crippen LogP contribution in [0.3, 0.4) is 0 Å². The number of ether oxygens (including phenoxy) is 1. The maximum Gasteiger partial charge on any atom is 0.343 e. The van der Waals surface area contributed by atoms with Crippen molar-refractivity contribution >= 4 is 39.6 Å². The number of thiophene rings is 1. The summed E-state index contributed by atoms with van der Waals surface area (Å²) in [4.78, 5) is 52.2. The zero-order valence-corrected chi connectivity index (χ0v) is 28.6. The van der Waals surface area contributed by atoms with Crippen LogP contribution in [0.25, 0.3) is 26.5 Å². The molecule has 0 saturated carbocycles. The quantitative estimate of drug-likeness (QED) is 0.0865. The van der Waals surface area contributed by atoms with E-state index in [9.17, 15) is 14.4 Å². The monoisotopic (exact) mass is 727 g/mol. The van der Waals surface area contributed by atoms with Crippen LogP contribution < -0.4 is 26.8 Å². The summed E-state index contributed by atoms with van der Waals surface area (Å²) < 4.78 is 37.2. The van der Waals surface area contributed by atoms with Crippen molar-refractivity contribution in [3.05, 3.63) is 128 Å². The number of nitrogens with zero attached hydrogens (tertiary/aromatic N) is 6. The fourth-order valence-electron chi connectivity index (χ4n) is 5.53. The number of rotatable bonds is 13. The number of anilines is 1. The van der Waals surface area contributed by atoms with Gasteiger partial charge in [-0.2, -0.15) is 0 Å². The molecule has 4 heterocycles. The molecule has 0 bridgehead atoms. The van der Waals surface area contributed by atoms with Gasteiger partial charge in [0, 0.05) is 59.2 Å². The Morgan fingerprint density at radius 1 is 0.981 bits per heavy atom. The largest absolute Gasteiger partial charge is 0.480 e. The molecule has 6 aromatic rings. The average Bonchev–Trinajstić information content (AvgIpc) is 3.53. The van der Waals surface area contributed by atoms with E-state index in [0.29, 0.717) is 34.7 Å². The molecule has 14 nitrogen and oxygen atoms in total. The first-order chi connectivity index (χ1) is 25.2. The standard InChI is InChI=1S/C35H31F2N9O5S/c1-50-29-14-13-28(41-42-29)46-32(47)30-25(18-44(20-38)17-15-22-6-3-4-16-39-22)31(21-9-11-23(12-10-21)40-34(48)43-51-2)52-33(30)45(35(46)49)19-24-26(36)7-5-8-27(24)37/h3-14,16,20,38H,15,17-19H2,1-2H3,(H2,40,43,48). The fraction of sp³-hybridized carbons (Fsp3) is 0.171. The van der Waals surface area contributed by atoms with Gasteiger partial charge in [0.15, 0.2) is 5.82 Å². The normalized spacial score (nSPS) is 11.0. The summed E-state index contributed by atoms with van der Waals surface area (Å²) >= 11 is 1.08. The van der Waals surface area contributed by atoms with E-state index in [1.807, 2.05) is 12.1 Å². The zero-order valence-electron chi connectivity index (χ0n) is 27.8. The average molecular weight is 728 g/mol. The van der Waals surface area contributed by atoms with Crippen LogP contribution in [0.5, 0.6) is 5.88 Å². The first kappa shape index (κ1) is 35.5. The number of amides is 2. The van der Waals surface area contributed by atoms with E-state index in [2.05, 4.69) is 30.8 Å². The van der Waals surface area contributed by atoms with E-state index in [0.717, 1.165) is 44.6 Å². The van der Waals surface area contributed by atoms with Gasteiger partial charge in [0.25, 0.3) is 5.56 Å². The van der Waals surface area contributed by atoms with Crippen LogP contribution in [0.1, 0.15) is 16.8 Å². The fourth-order valence-corrected chi connectivity index (χ4v) is 6.83. The molecule has 0 unspecified atom stereocenters. The number of carbonyl (C=O) groups excluding carboxylic acids is 1. The van der Waals surface area contributed by atoms with Gasteiger partial charge in [-0.25, -0.2) is 28.4 Å². The number of hydrogen-bond acceptors (Lipinski definition) is 10. The number of urea groups is 1. The summed E-state index contributed by atoms with van der Waals surface area (Å²) in [5, 5.41) is 18.9. The summed E-state index contributed by atoms with van der Waals surface area (Å²) in [6.45, 7) is -0.160. The number of methoxy groups -OCH3 is 1. The van der Waals surface area contributed by atoms with Gasteiger partial charge in [-0.3, -0.25) is 24.6 Å². The van der Waals surface area contributed by atoms with Crippen molar-refractivity contribution in [3.63, 3.8) is 0 Å². The van der Waals surface area contributed by atoms with Crippen molar-refractivity contribution in [1.82, 2.24) is 34.7 Å². The van der Waals surface area contributed by atoms with Crippen molar-refractivity contribution in [2.75, 3.05) is 26.1 Å². The number of nitrogens with one attached hydrogen (secondary N) is 3. The number of halogens is 2. The van der Waals surface area contributed by atoms with Crippen LogP contribution in [0.4, 0.5) is 19.3 Å². The highest BCUT2D eigenvalue weighted by Gasteiger charge is 2.26. The molecule has 266 valence electrons. The lowest BCUT2D eigenvalue weighted by Gasteiger charge is -2.20. The Hall–Kier alpha value is -6.33. The Labute approximate surface area is 298 Å². The number of fused-ring (bicyclic) bond motifs is 1. The molecule has 0 aliphatic carbocycles. The Morgan fingerprint density at radius 3 is 2.38 bits per heavy atom. The van der Waals surface area contributed by atoms with E-state index < -0.39 is 35.5 Å². The molecule has 0 fully saturated rings. The van der Waals surface area contributed by atoms with E-state index in [1.54, 1.807) is 41.4 Å². The second-order valence-corrected chi connectivity index (χ2v) is 12.2. The van der Waals surface area contributed by atoms with Crippen molar-refractivity contribution in [2.45, 2.75) is 19.5 Å². The molecule has 0 radical (unpaired) electrons. The smallest absolute Gasteiger partial charge is 0.343 e. The predicted octanol–water partition coefficient (Wildman–Crippen LogP) is 4.74. The molecule has 6 rings (SSSR count). The summed E-state index contributed by atoms with van der Waals surface area (Å²) in [6, 6.07) is 17.8. The number of hydrogen-bond donors (Lipinski definition) is 3. The molecule has 2 aromatic carbocycles. The molecule has 17 heteroatoms. The van der Waals surface area contributed by atoms with Crippen LogP contribution in [0.2, 0.25) is 0 Å². The molecular formula is C35H31F2N9O5S. The van der Waals surface area contributed by atoms with Gasteiger partial charge < -0.3 is 15.0 Å². The SMILES string of the molecule is CONC(=O)Nc1ccc(-c2sc3c(c2CN(C=N)CCc2ccccn2)c(=O)n(-c2ccc(OC)nn2)c(=O)n3Cc2c(F)cccc2F)cc1. The first-order valence-electron chi connectivity index (χ1n) is 15.7. The van der Waals surface area contributed by atoms with Crippen molar-refractivity contribution in [2.24, 2.45) is 0 Å². The van der Waals surface area contributed by atoms with Gasteiger partial charge >= 0.3 is 11.7 Å². The van der Waals surface area contributed by atoms with Gasteiger partial charge in [-0.05, 0) is 48.0 Å². The third kappa shape index (κ3) is 7.40. The molecule has 0 aliphatic heterocycles. The van der Waals surface area contributed by atoms with E-state index >= 15 is 8.78 Å². The lowest BCUT2D eigenvalue weighted by atomic mass is 10.1. The van der Waals surface area contributed by atoms with Crippen molar-refractivity contribution in [3.8, 4) is 22.1 Å². The third-order valence-electron chi connectivity index (χ3n) is 8.04. The zero-order chi connectivity index (χ0) is 36.8. The van der Waals surface area contributed by atoms with Crippen molar-refractivity contribution in [1.29, 1.82) is 5.41 Å². The minimum atomic E-state index is -0.901. The molecule has 4 aromatic heterocycles. The topological polar surface area (TPSA) is 169 Å². The predicted molar refractivity (Wildman–Crippen MR) is 191 cm³/mol. The van der Waals surface area contributed by atoms with Crippen LogP contribution in [0.15, 0.2) is 88.6 Å². The van der Waals surface area contributed by atoms with E-state index in [4.69, 9.17) is 10.1 Å². The van der Waals surface area contributed by atoms with Gasteiger partial charge in [-0.1, -0.05) is 24.3 Å². The van der Waals surface area contributed by atoms with Gasteiger partial charge in [0.05, 0.1) is 32.5 Å². The lowest BCUT2D eigenvalue weighted by molar-refractivity contribution is 0.114. The molecule has 2 amide bonds. The molecule has 0 saturated heterocycles. The maximum absolute atomic E-state index is 15.1. The number of benzene rings is 2. The molecular weight excluding hydrogens is 697 g/mol. The number of aromatic nitrogens is 5. The van der Waals surface area contributed by atoms with Crippen LogP contribution in [0, 0.1) is 17.0 Å². The Balaban J connectivity index is 1.58. The Kier molecular flexibility index (Phi) is 10.7. The summed E-state index contributed by atoms with van der Waals surface area (Å²) in [7, 11) is 2.69. The van der Waals surface area contributed by atoms with Crippen LogP contribution >= 0.6 is 11.3 Å². The lowest BCUT2D eigenvalue weighted by Crippen LogP contribution is -2.40. The molecule has 0 spiro atoms. The third-order valence-corrected chi connectivity index (χ3v) is 9.34. The van der Waals surface area contributed by atoms with Crippen LogP contribution in [-0.2, 0) is 24.3 Å². The van der Waals surface area contributed by atoms with Gasteiger partial charge in [-0.15, -0.1) is 21.5 Å². The molecule has 52 heavy (non-hydrogen) atoms. The molecule has 0 atom stereocenters. The summed E-state index contributed by atoms with van der Waals surface area (Å²) in [5.41, 5.74) is 2.43. The maximum atomic E-state index is 15.1. The molecule has 0 aliphatic rings. The summed E-state index contributed by atoms with van der Waals surface area (Å²) in [6.07, 6.45) is 3.31. The highest BCUT2D eigenvalue weighted by atomic mass is 32.1. The van der Waals surface area contributed by atoms with Crippen molar-refractivity contribution < 1.29 is 23.1 Å². The minimum Gasteiger partial charge on any atom is -0.480 e. The number of hydroxylamine groups is 1. The van der Waals surface area contributed by atoms with E-state index in [1.165, 1.54) is 32.4 Å². The highest BCUT2D eigenvalue weighted by molar-refractivity contribution is 7.22. The molecule has 3 N–H and O–H groups in total. The second kappa shape index (κ2) is 15.7. The van der Waals surface area contributed by atoms with Crippen LogP contribution in [-0.4, -0.2) is 62.3 Å². The summed E-state index contributed by atoms with van der Waals surface area (Å²) in [5.74, 6) is -1.74. The van der Waals surface area contributed by atoms with Gasteiger partial charge in [0.1, 0.15) is 16.5 Å². The Bertz CT molecular complexity index is 2330. The first-order valence-corrected chi connectivity index (χ1v) is 16.5. The highest BCUT2D eigenvalue weighted by Crippen LogP contribution is 2.38. The van der Waals surface area contributed by atoms with E-state index in [-0.39, 0.29) is 34.0 Å². The second-order valence-electron chi connectivity index (χ2n) is 11.2. The van der Waals surface area contributed by atoms with Gasteiger partial charge in [0.2, 0.25) is 5.88 Å². The number of carbonyl (C=O) groups is 1. The number of pyridine rings is 1. The minimum absolute atomic E-state index is 0.0394. The Morgan fingerprint density at radius 2 is 1.75 bits per heavy atom.